The minimum absolute atomic E-state index is 0.339. The van der Waals surface area contributed by atoms with Crippen molar-refractivity contribution in [1.29, 1.82) is 0 Å². The molecule has 0 fully saturated rings. The van der Waals surface area contributed by atoms with Crippen LogP contribution in [0.3, 0.4) is 0 Å². The van der Waals surface area contributed by atoms with E-state index in [1.54, 1.807) is 0 Å². The highest BCUT2D eigenvalue weighted by Crippen LogP contribution is 2.13. The molecule has 0 aliphatic carbocycles. The molecule has 0 aliphatic heterocycles. The smallest absolute Gasteiger partial charge is 0.170 e. The van der Waals surface area contributed by atoms with Crippen LogP contribution in [0.25, 0.3) is 0 Å². The van der Waals surface area contributed by atoms with Gasteiger partial charge in [-0.2, -0.15) is 0 Å². The van der Waals surface area contributed by atoms with Crippen LogP contribution in [0.5, 0.6) is 0 Å². The summed E-state index contributed by atoms with van der Waals surface area (Å²) in [5, 5.41) is 7.32. The normalized spacial score (nSPS) is 11.8. The van der Waals surface area contributed by atoms with Crippen LogP contribution in [0.1, 0.15) is 30.0 Å². The molecular weight excluding hydrogens is 288 g/mol. The minimum atomic E-state index is 0.339. The van der Waals surface area contributed by atoms with Crippen molar-refractivity contribution >= 4 is 23.0 Å². The van der Waals surface area contributed by atoms with E-state index in [-0.39, 0.29) is 0 Å². The Balaban J connectivity index is 1.81. The van der Waals surface area contributed by atoms with Gasteiger partial charge in [0.2, 0.25) is 0 Å². The lowest BCUT2D eigenvalue weighted by molar-refractivity contribution is 0.609. The SMILES string of the molecule is Cc1cc(C)cc(NC(=S)N[C@H](C)CCc2ccccc2)c1. The van der Waals surface area contributed by atoms with Gasteiger partial charge in [-0.25, -0.2) is 0 Å². The molecule has 0 unspecified atom stereocenters. The van der Waals surface area contributed by atoms with Gasteiger partial charge in [0.25, 0.3) is 0 Å². The summed E-state index contributed by atoms with van der Waals surface area (Å²) in [4.78, 5) is 0. The Morgan fingerprint density at radius 2 is 1.68 bits per heavy atom. The summed E-state index contributed by atoms with van der Waals surface area (Å²) in [7, 11) is 0. The van der Waals surface area contributed by atoms with E-state index in [0.29, 0.717) is 11.2 Å². The Morgan fingerprint density at radius 1 is 1.05 bits per heavy atom. The Bertz CT molecular complexity index is 602. The first-order chi connectivity index (χ1) is 10.5. The highest BCUT2D eigenvalue weighted by atomic mass is 32.1. The fourth-order valence-corrected chi connectivity index (χ4v) is 2.86. The van der Waals surface area contributed by atoms with Crippen molar-refractivity contribution < 1.29 is 0 Å². The molecule has 2 nitrogen and oxygen atoms in total. The summed E-state index contributed by atoms with van der Waals surface area (Å²) >= 11 is 5.41. The largest absolute Gasteiger partial charge is 0.360 e. The molecule has 2 N–H and O–H groups in total. The summed E-state index contributed by atoms with van der Waals surface area (Å²) in [6.45, 7) is 6.35. The number of aryl methyl sites for hydroxylation is 3. The predicted molar refractivity (Wildman–Crippen MR) is 99.5 cm³/mol. The Morgan fingerprint density at radius 3 is 2.32 bits per heavy atom. The quantitative estimate of drug-likeness (QED) is 0.788. The summed E-state index contributed by atoms with van der Waals surface area (Å²) in [5.74, 6) is 0. The van der Waals surface area contributed by atoms with E-state index >= 15 is 0 Å². The molecule has 0 aliphatic rings. The molecule has 0 heterocycles. The molecule has 3 heteroatoms. The fourth-order valence-electron chi connectivity index (χ4n) is 2.54. The Labute approximate surface area is 139 Å². The van der Waals surface area contributed by atoms with Gasteiger partial charge in [-0.1, -0.05) is 36.4 Å². The maximum Gasteiger partial charge on any atom is 0.170 e. The first kappa shape index (κ1) is 16.5. The van der Waals surface area contributed by atoms with Gasteiger partial charge in [0.15, 0.2) is 5.11 Å². The summed E-state index contributed by atoms with van der Waals surface area (Å²) in [6, 6.07) is 17.3. The molecule has 0 saturated heterocycles. The molecular formula is C19H24N2S. The van der Waals surface area contributed by atoms with E-state index in [1.807, 2.05) is 6.07 Å². The molecule has 2 aromatic carbocycles. The van der Waals surface area contributed by atoms with Crippen molar-refractivity contribution in [3.8, 4) is 0 Å². The number of rotatable bonds is 5. The second-order valence-corrected chi connectivity index (χ2v) is 6.31. The minimum Gasteiger partial charge on any atom is -0.360 e. The van der Waals surface area contributed by atoms with Crippen LogP contribution in [0.2, 0.25) is 0 Å². The average Bonchev–Trinajstić information content (AvgIpc) is 2.45. The second-order valence-electron chi connectivity index (χ2n) is 5.90. The van der Waals surface area contributed by atoms with Crippen molar-refractivity contribution in [3.05, 3.63) is 65.2 Å². The lowest BCUT2D eigenvalue weighted by Crippen LogP contribution is -2.36. The zero-order chi connectivity index (χ0) is 15.9. The van der Waals surface area contributed by atoms with E-state index in [0.717, 1.165) is 18.5 Å². The number of hydrogen-bond donors (Lipinski definition) is 2. The van der Waals surface area contributed by atoms with Crippen LogP contribution < -0.4 is 10.6 Å². The van der Waals surface area contributed by atoms with Gasteiger partial charge in [-0.15, -0.1) is 0 Å². The lowest BCUT2D eigenvalue weighted by atomic mass is 10.1. The maximum atomic E-state index is 5.41. The highest BCUT2D eigenvalue weighted by Gasteiger charge is 2.05. The zero-order valence-corrected chi connectivity index (χ0v) is 14.3. The number of benzene rings is 2. The van der Waals surface area contributed by atoms with E-state index < -0.39 is 0 Å². The number of anilines is 1. The van der Waals surface area contributed by atoms with Crippen molar-refractivity contribution in [2.45, 2.75) is 39.7 Å². The van der Waals surface area contributed by atoms with Gasteiger partial charge in [-0.05, 0) is 74.7 Å². The second kappa shape index (κ2) is 7.95. The van der Waals surface area contributed by atoms with Crippen molar-refractivity contribution in [1.82, 2.24) is 5.32 Å². The number of nitrogens with one attached hydrogen (secondary N) is 2. The third-order valence-corrected chi connectivity index (χ3v) is 3.79. The van der Waals surface area contributed by atoms with Crippen LogP contribution in [0.15, 0.2) is 48.5 Å². The first-order valence-electron chi connectivity index (χ1n) is 7.72. The van der Waals surface area contributed by atoms with Gasteiger partial charge in [0.05, 0.1) is 0 Å². The molecule has 0 spiro atoms. The highest BCUT2D eigenvalue weighted by molar-refractivity contribution is 7.80. The van der Waals surface area contributed by atoms with Crippen molar-refractivity contribution in [2.24, 2.45) is 0 Å². The standard InChI is InChI=1S/C19H24N2S/c1-14-11-15(2)13-18(12-14)21-19(22)20-16(3)9-10-17-7-5-4-6-8-17/h4-8,11-13,16H,9-10H2,1-3H3,(H2,20,21,22)/t16-/m1/s1. The molecule has 0 aromatic heterocycles. The maximum absolute atomic E-state index is 5.41. The van der Waals surface area contributed by atoms with Crippen molar-refractivity contribution in [3.63, 3.8) is 0 Å². The summed E-state index contributed by atoms with van der Waals surface area (Å²) < 4.78 is 0. The van der Waals surface area contributed by atoms with Gasteiger partial charge >= 0.3 is 0 Å². The van der Waals surface area contributed by atoms with Gasteiger partial charge in [-0.3, -0.25) is 0 Å². The van der Waals surface area contributed by atoms with Crippen LogP contribution in [0, 0.1) is 13.8 Å². The monoisotopic (exact) mass is 312 g/mol. The summed E-state index contributed by atoms with van der Waals surface area (Å²) in [6.07, 6.45) is 2.11. The molecule has 0 bridgehead atoms. The number of thiocarbonyl (C=S) groups is 1. The van der Waals surface area contributed by atoms with Crippen LogP contribution in [0.4, 0.5) is 5.69 Å². The van der Waals surface area contributed by atoms with Gasteiger partial charge in [0.1, 0.15) is 0 Å². The molecule has 2 aromatic rings. The third kappa shape index (κ3) is 5.49. The van der Waals surface area contributed by atoms with Crippen LogP contribution in [-0.4, -0.2) is 11.2 Å². The molecule has 0 amide bonds. The predicted octanol–water partition coefficient (Wildman–Crippen LogP) is 4.61. The molecule has 1 atom stereocenters. The third-order valence-electron chi connectivity index (χ3n) is 3.57. The van der Waals surface area contributed by atoms with E-state index in [2.05, 4.69) is 73.9 Å². The Kier molecular flexibility index (Phi) is 5.96. The van der Waals surface area contributed by atoms with Crippen molar-refractivity contribution in [2.75, 3.05) is 5.32 Å². The topological polar surface area (TPSA) is 24.1 Å². The Hall–Kier alpha value is -1.87. The molecule has 2 rings (SSSR count). The van der Waals surface area contributed by atoms with E-state index in [1.165, 1.54) is 16.7 Å². The fraction of sp³-hybridized carbons (Fsp3) is 0.316. The van der Waals surface area contributed by atoms with E-state index in [9.17, 15) is 0 Å². The summed E-state index contributed by atoms with van der Waals surface area (Å²) in [5.41, 5.74) is 4.89. The molecule has 0 radical (unpaired) electrons. The lowest BCUT2D eigenvalue weighted by Gasteiger charge is -2.17. The molecule has 0 saturated carbocycles. The van der Waals surface area contributed by atoms with Crippen LogP contribution in [-0.2, 0) is 6.42 Å². The van der Waals surface area contributed by atoms with Gasteiger partial charge < -0.3 is 10.6 Å². The van der Waals surface area contributed by atoms with Gasteiger partial charge in [0, 0.05) is 11.7 Å². The van der Waals surface area contributed by atoms with E-state index in [4.69, 9.17) is 12.2 Å². The molecule has 22 heavy (non-hydrogen) atoms. The average molecular weight is 312 g/mol. The zero-order valence-electron chi connectivity index (χ0n) is 13.5. The van der Waals surface area contributed by atoms with Crippen LogP contribution >= 0.6 is 12.2 Å². The number of hydrogen-bond acceptors (Lipinski definition) is 1. The molecule has 116 valence electrons. The first-order valence-corrected chi connectivity index (χ1v) is 8.13.